The average molecular weight is 270 g/mol. The van der Waals surface area contributed by atoms with E-state index >= 15 is 0 Å². The van der Waals surface area contributed by atoms with Gasteiger partial charge in [-0.1, -0.05) is 21.9 Å². The summed E-state index contributed by atoms with van der Waals surface area (Å²) in [5.74, 6) is 1.59. The maximum absolute atomic E-state index is 13.2. The molecule has 0 saturated heterocycles. The van der Waals surface area contributed by atoms with Gasteiger partial charge in [-0.25, -0.2) is 4.39 Å². The first-order chi connectivity index (χ1) is 7.13. The summed E-state index contributed by atoms with van der Waals surface area (Å²) in [5.41, 5.74) is 0.426. The third-order valence-electron chi connectivity index (χ3n) is 1.75. The Labute approximate surface area is 96.0 Å². The minimum Gasteiger partial charge on any atom is -0.351 e. The number of amides is 1. The lowest BCUT2D eigenvalue weighted by Crippen LogP contribution is -2.22. The molecule has 0 aromatic heterocycles. The molecule has 0 heterocycles. The summed E-state index contributed by atoms with van der Waals surface area (Å²) in [6.07, 6.45) is 4.97. The molecule has 0 radical (unpaired) electrons. The molecule has 1 rings (SSSR count). The summed E-state index contributed by atoms with van der Waals surface area (Å²) >= 11 is 3.22. The lowest BCUT2D eigenvalue weighted by molar-refractivity contribution is -0.120. The number of carbonyl (C=O) groups is 1. The van der Waals surface area contributed by atoms with Crippen molar-refractivity contribution >= 4 is 21.8 Å². The van der Waals surface area contributed by atoms with Crippen LogP contribution in [0, 0.1) is 18.2 Å². The van der Waals surface area contributed by atoms with Crippen molar-refractivity contribution in [2.75, 3.05) is 0 Å². The Morgan fingerprint density at radius 3 is 3.00 bits per heavy atom. The normalized spacial score (nSPS) is 9.40. The maximum Gasteiger partial charge on any atom is 0.232 e. The predicted octanol–water partition coefficient (Wildman–Crippen LogP) is 2.23. The molecule has 15 heavy (non-hydrogen) atoms. The van der Waals surface area contributed by atoms with Gasteiger partial charge in [-0.2, -0.15) is 0 Å². The van der Waals surface area contributed by atoms with Crippen molar-refractivity contribution in [2.45, 2.75) is 13.0 Å². The van der Waals surface area contributed by atoms with Crippen molar-refractivity contribution in [1.29, 1.82) is 0 Å². The number of nitrogens with one attached hydrogen (secondary N) is 1. The molecular formula is C11H9BrFNO. The van der Waals surface area contributed by atoms with Gasteiger partial charge in [-0.05, 0) is 18.2 Å². The van der Waals surface area contributed by atoms with E-state index in [2.05, 4.69) is 27.2 Å². The number of rotatable bonds is 3. The van der Waals surface area contributed by atoms with Crippen LogP contribution >= 0.6 is 15.9 Å². The quantitative estimate of drug-likeness (QED) is 0.838. The first-order valence-electron chi connectivity index (χ1n) is 4.27. The van der Waals surface area contributed by atoms with Crippen LogP contribution in [0.2, 0.25) is 0 Å². The summed E-state index contributed by atoms with van der Waals surface area (Å²) in [6.45, 7) is 0.145. The monoisotopic (exact) mass is 269 g/mol. The molecule has 0 saturated carbocycles. The molecule has 1 aromatic rings. The molecule has 1 aromatic carbocycles. The highest BCUT2D eigenvalue weighted by molar-refractivity contribution is 9.10. The second kappa shape index (κ2) is 5.52. The molecule has 78 valence electrons. The molecule has 1 N–H and O–H groups in total. The number of hydrogen-bond donors (Lipinski definition) is 1. The van der Waals surface area contributed by atoms with Crippen LogP contribution < -0.4 is 5.32 Å². The van der Waals surface area contributed by atoms with E-state index in [1.165, 1.54) is 6.07 Å². The Bertz CT molecular complexity index is 412. The molecule has 0 spiro atoms. The fourth-order valence-electron chi connectivity index (χ4n) is 1.03. The summed E-state index contributed by atoms with van der Waals surface area (Å²) < 4.78 is 14.0. The first kappa shape index (κ1) is 11.7. The maximum atomic E-state index is 13.2. The number of carbonyl (C=O) groups excluding carboxylic acids is 1. The minimum absolute atomic E-state index is 0.00955. The van der Waals surface area contributed by atoms with Gasteiger partial charge in [0.15, 0.2) is 0 Å². The third kappa shape index (κ3) is 3.72. The molecular weight excluding hydrogens is 261 g/mol. The van der Waals surface area contributed by atoms with Gasteiger partial charge in [0.1, 0.15) is 5.82 Å². The van der Waals surface area contributed by atoms with Gasteiger partial charge in [0.2, 0.25) is 5.91 Å². The van der Waals surface area contributed by atoms with Crippen LogP contribution in [-0.2, 0) is 11.3 Å². The van der Waals surface area contributed by atoms with Gasteiger partial charge in [-0.15, -0.1) is 6.42 Å². The number of terminal acetylenes is 1. The summed E-state index contributed by atoms with van der Waals surface area (Å²) in [7, 11) is 0. The molecule has 0 atom stereocenters. The zero-order chi connectivity index (χ0) is 11.3. The second-order valence-corrected chi connectivity index (χ2v) is 3.81. The fraction of sp³-hybridized carbons (Fsp3) is 0.182. The molecule has 0 fully saturated rings. The first-order valence-corrected chi connectivity index (χ1v) is 5.07. The number of hydrogen-bond acceptors (Lipinski definition) is 1. The summed E-state index contributed by atoms with van der Waals surface area (Å²) in [5, 5.41) is 2.53. The molecule has 0 bridgehead atoms. The van der Waals surface area contributed by atoms with Crippen molar-refractivity contribution < 1.29 is 9.18 Å². The van der Waals surface area contributed by atoms with Gasteiger partial charge in [0.05, 0.1) is 6.42 Å². The zero-order valence-corrected chi connectivity index (χ0v) is 9.47. The Morgan fingerprint density at radius 2 is 2.33 bits per heavy atom. The minimum atomic E-state index is -0.348. The van der Waals surface area contributed by atoms with E-state index < -0.39 is 0 Å². The van der Waals surface area contributed by atoms with Gasteiger partial charge >= 0.3 is 0 Å². The van der Waals surface area contributed by atoms with Crippen molar-refractivity contribution in [1.82, 2.24) is 5.32 Å². The van der Waals surface area contributed by atoms with Gasteiger partial charge in [-0.3, -0.25) is 4.79 Å². The molecule has 0 aliphatic carbocycles. The van der Waals surface area contributed by atoms with Crippen LogP contribution in [-0.4, -0.2) is 5.91 Å². The van der Waals surface area contributed by atoms with Gasteiger partial charge in [0.25, 0.3) is 0 Å². The standard InChI is InChI=1S/C11H9BrFNO/c1-2-3-11(15)14-7-8-6-9(12)4-5-10(8)13/h1,4-6H,3,7H2,(H,14,15). The molecule has 4 heteroatoms. The van der Waals surface area contributed by atoms with Crippen LogP contribution in [0.25, 0.3) is 0 Å². The van der Waals surface area contributed by atoms with E-state index in [-0.39, 0.29) is 24.7 Å². The van der Waals surface area contributed by atoms with Gasteiger partial charge in [0, 0.05) is 16.6 Å². The highest BCUT2D eigenvalue weighted by Gasteiger charge is 2.04. The number of benzene rings is 1. The molecule has 0 aliphatic rings. The van der Waals surface area contributed by atoms with Crippen LogP contribution in [0.4, 0.5) is 4.39 Å². The molecule has 2 nitrogen and oxygen atoms in total. The lowest BCUT2D eigenvalue weighted by atomic mass is 10.2. The lowest BCUT2D eigenvalue weighted by Gasteiger charge is -2.05. The van der Waals surface area contributed by atoms with Crippen molar-refractivity contribution in [3.8, 4) is 12.3 Å². The van der Waals surface area contributed by atoms with E-state index in [1.54, 1.807) is 12.1 Å². The van der Waals surface area contributed by atoms with Crippen LogP contribution in [0.3, 0.4) is 0 Å². The second-order valence-electron chi connectivity index (χ2n) is 2.89. The Hall–Kier alpha value is -1.34. The van der Waals surface area contributed by atoms with E-state index in [0.29, 0.717) is 5.56 Å². The van der Waals surface area contributed by atoms with Crippen molar-refractivity contribution in [3.05, 3.63) is 34.1 Å². The smallest absolute Gasteiger partial charge is 0.232 e. The van der Waals surface area contributed by atoms with E-state index in [1.807, 2.05) is 0 Å². The van der Waals surface area contributed by atoms with Crippen LogP contribution in [0.1, 0.15) is 12.0 Å². The highest BCUT2D eigenvalue weighted by atomic mass is 79.9. The summed E-state index contributed by atoms with van der Waals surface area (Å²) in [4.78, 5) is 11.0. The topological polar surface area (TPSA) is 29.1 Å². The van der Waals surface area contributed by atoms with E-state index in [0.717, 1.165) is 4.47 Å². The van der Waals surface area contributed by atoms with Crippen LogP contribution in [0.15, 0.2) is 22.7 Å². The Morgan fingerprint density at radius 1 is 1.60 bits per heavy atom. The van der Waals surface area contributed by atoms with Crippen LogP contribution in [0.5, 0.6) is 0 Å². The molecule has 0 unspecified atom stereocenters. The van der Waals surface area contributed by atoms with Gasteiger partial charge < -0.3 is 5.32 Å². The van der Waals surface area contributed by atoms with E-state index in [4.69, 9.17) is 6.42 Å². The SMILES string of the molecule is C#CCC(=O)NCc1cc(Br)ccc1F. The Kier molecular flexibility index (Phi) is 4.32. The average Bonchev–Trinajstić information content (AvgIpc) is 2.20. The third-order valence-corrected chi connectivity index (χ3v) is 2.24. The molecule has 1 amide bonds. The van der Waals surface area contributed by atoms with Crippen molar-refractivity contribution in [2.24, 2.45) is 0 Å². The predicted molar refractivity (Wildman–Crippen MR) is 59.4 cm³/mol. The zero-order valence-electron chi connectivity index (χ0n) is 7.89. The Balaban J connectivity index is 2.61. The molecule has 0 aliphatic heterocycles. The van der Waals surface area contributed by atoms with Crippen molar-refractivity contribution in [3.63, 3.8) is 0 Å². The number of halogens is 2. The van der Waals surface area contributed by atoms with E-state index in [9.17, 15) is 9.18 Å². The largest absolute Gasteiger partial charge is 0.351 e. The fourth-order valence-corrected chi connectivity index (χ4v) is 1.44. The summed E-state index contributed by atoms with van der Waals surface area (Å²) in [6, 6.07) is 4.56. The highest BCUT2D eigenvalue weighted by Crippen LogP contribution is 2.15.